The van der Waals surface area contributed by atoms with Crippen molar-refractivity contribution in [3.8, 4) is 0 Å². The van der Waals surface area contributed by atoms with Gasteiger partial charge in [-0.1, -0.05) is 39.8 Å². The maximum Gasteiger partial charge on any atom is 0.0660 e. The van der Waals surface area contributed by atoms with Crippen LogP contribution in [0.5, 0.6) is 0 Å². The fourth-order valence-corrected chi connectivity index (χ4v) is 0.842. The molecule has 0 aromatic heterocycles. The zero-order valence-electron chi connectivity index (χ0n) is 7.35. The van der Waals surface area contributed by atoms with E-state index in [1.165, 1.54) is 0 Å². The molecule has 0 heterocycles. The molecule has 0 unspecified atom stereocenters. The van der Waals surface area contributed by atoms with Gasteiger partial charge in [0.1, 0.15) is 0 Å². The Hall–Kier alpha value is 0.130. The van der Waals surface area contributed by atoms with Crippen LogP contribution in [0, 0.1) is 11.3 Å². The van der Waals surface area contributed by atoms with Crippen molar-refractivity contribution in [3.05, 3.63) is 0 Å². The molecule has 0 nitrogen and oxygen atoms in total. The molecule has 0 aliphatic heterocycles. The fourth-order valence-electron chi connectivity index (χ4n) is 0.842. The summed E-state index contributed by atoms with van der Waals surface area (Å²) in [5.74, 6) is 0.627. The standard InChI is InChI=1S/C8H16B2/c1-7(4-5-9)8(2,3)6-10/h7H,4-6H2,1-3H3/t7-/m1/s1. The molecule has 0 N–H and O–H groups in total. The Morgan fingerprint density at radius 2 is 1.80 bits per heavy atom. The first-order valence-electron chi connectivity index (χ1n) is 3.94. The molecule has 0 aromatic rings. The van der Waals surface area contributed by atoms with Crippen molar-refractivity contribution in [2.75, 3.05) is 0 Å². The molecule has 0 amide bonds. The molecule has 0 aromatic carbocycles. The lowest BCUT2D eigenvalue weighted by atomic mass is 9.68. The van der Waals surface area contributed by atoms with E-state index < -0.39 is 0 Å². The highest BCUT2D eigenvalue weighted by molar-refractivity contribution is 6.09. The lowest BCUT2D eigenvalue weighted by Gasteiger charge is -2.30. The van der Waals surface area contributed by atoms with Crippen LogP contribution in [0.1, 0.15) is 27.2 Å². The topological polar surface area (TPSA) is 0 Å². The van der Waals surface area contributed by atoms with Gasteiger partial charge in [0.2, 0.25) is 0 Å². The monoisotopic (exact) mass is 134 g/mol. The minimum absolute atomic E-state index is 0.249. The zero-order valence-corrected chi connectivity index (χ0v) is 7.35. The van der Waals surface area contributed by atoms with Gasteiger partial charge in [0, 0.05) is 0 Å². The van der Waals surface area contributed by atoms with Crippen LogP contribution < -0.4 is 0 Å². The third kappa shape index (κ3) is 2.81. The van der Waals surface area contributed by atoms with Gasteiger partial charge in [0.15, 0.2) is 0 Å². The van der Waals surface area contributed by atoms with Crippen molar-refractivity contribution in [1.29, 1.82) is 0 Å². The highest BCUT2D eigenvalue weighted by Gasteiger charge is 2.21. The highest BCUT2D eigenvalue weighted by Crippen LogP contribution is 2.32. The van der Waals surface area contributed by atoms with Crippen molar-refractivity contribution in [1.82, 2.24) is 0 Å². The molecule has 0 rings (SSSR count). The molecular weight excluding hydrogens is 118 g/mol. The zero-order chi connectivity index (χ0) is 8.20. The van der Waals surface area contributed by atoms with Crippen LogP contribution in [-0.2, 0) is 0 Å². The van der Waals surface area contributed by atoms with E-state index in [1.54, 1.807) is 0 Å². The predicted molar refractivity (Wildman–Crippen MR) is 48.7 cm³/mol. The van der Waals surface area contributed by atoms with Crippen LogP contribution >= 0.6 is 0 Å². The molecule has 1 atom stereocenters. The van der Waals surface area contributed by atoms with Crippen LogP contribution in [0.25, 0.3) is 0 Å². The molecule has 4 radical (unpaired) electrons. The average molecular weight is 134 g/mol. The van der Waals surface area contributed by atoms with E-state index in [1.807, 2.05) is 0 Å². The summed E-state index contributed by atoms with van der Waals surface area (Å²) in [6.45, 7) is 6.58. The van der Waals surface area contributed by atoms with Gasteiger partial charge in [-0.25, -0.2) is 0 Å². The van der Waals surface area contributed by atoms with Crippen molar-refractivity contribution in [2.45, 2.75) is 39.8 Å². The van der Waals surface area contributed by atoms with Crippen LogP contribution in [0.2, 0.25) is 12.6 Å². The Bertz CT molecular complexity index is 89.3. The quantitative estimate of drug-likeness (QED) is 0.517. The molecule has 2 heteroatoms. The van der Waals surface area contributed by atoms with E-state index in [9.17, 15) is 0 Å². The van der Waals surface area contributed by atoms with Crippen molar-refractivity contribution >= 4 is 15.7 Å². The number of hydrogen-bond donors (Lipinski definition) is 0. The second-order valence-electron chi connectivity index (χ2n) is 3.67. The molecule has 10 heavy (non-hydrogen) atoms. The van der Waals surface area contributed by atoms with Gasteiger partial charge in [-0.2, -0.15) is 0 Å². The largest absolute Gasteiger partial charge is 0.0884 e. The summed E-state index contributed by atoms with van der Waals surface area (Å²) in [5.41, 5.74) is 0.249. The van der Waals surface area contributed by atoms with Gasteiger partial charge in [-0.3, -0.25) is 0 Å². The first-order chi connectivity index (χ1) is 4.54. The number of rotatable bonds is 4. The van der Waals surface area contributed by atoms with Crippen molar-refractivity contribution < 1.29 is 0 Å². The summed E-state index contributed by atoms with van der Waals surface area (Å²) in [6.07, 6.45) is 2.59. The van der Waals surface area contributed by atoms with Crippen LogP contribution in [0.4, 0.5) is 0 Å². The summed E-state index contributed by atoms with van der Waals surface area (Å²) >= 11 is 0. The molecule has 54 valence electrons. The fraction of sp³-hybridized carbons (Fsp3) is 1.00. The summed E-state index contributed by atoms with van der Waals surface area (Å²) in [4.78, 5) is 0. The maximum atomic E-state index is 5.60. The summed E-state index contributed by atoms with van der Waals surface area (Å²) in [6, 6.07) is 0. The van der Waals surface area contributed by atoms with E-state index in [0.717, 1.165) is 19.1 Å². The van der Waals surface area contributed by atoms with Crippen LogP contribution in [-0.4, -0.2) is 15.7 Å². The van der Waals surface area contributed by atoms with Gasteiger partial charge in [-0.05, 0) is 11.3 Å². The lowest BCUT2D eigenvalue weighted by molar-refractivity contribution is 0.255. The van der Waals surface area contributed by atoms with Crippen molar-refractivity contribution in [3.63, 3.8) is 0 Å². The highest BCUT2D eigenvalue weighted by atomic mass is 14.3. The van der Waals surface area contributed by atoms with E-state index >= 15 is 0 Å². The maximum absolute atomic E-state index is 5.60. The Kier molecular flexibility index (Phi) is 4.15. The third-order valence-corrected chi connectivity index (χ3v) is 2.46. The molecular formula is C8H16B2. The van der Waals surface area contributed by atoms with Crippen molar-refractivity contribution in [2.24, 2.45) is 11.3 Å². The van der Waals surface area contributed by atoms with Gasteiger partial charge in [0.05, 0.1) is 15.7 Å². The SMILES string of the molecule is [B]CC[C@@H](C)C(C)(C)C[B]. The number of hydrogen-bond acceptors (Lipinski definition) is 0. The first kappa shape index (κ1) is 10.1. The Morgan fingerprint density at radius 3 is 2.10 bits per heavy atom. The minimum Gasteiger partial charge on any atom is -0.0884 e. The Balaban J connectivity index is 3.78. The summed E-state index contributed by atoms with van der Waals surface area (Å²) < 4.78 is 0. The van der Waals surface area contributed by atoms with E-state index in [2.05, 4.69) is 20.8 Å². The molecule has 0 saturated heterocycles. The predicted octanol–water partition coefficient (Wildman–Crippen LogP) is 2.21. The van der Waals surface area contributed by atoms with E-state index in [0.29, 0.717) is 5.92 Å². The van der Waals surface area contributed by atoms with Gasteiger partial charge in [-0.15, -0.1) is 0 Å². The van der Waals surface area contributed by atoms with Gasteiger partial charge >= 0.3 is 0 Å². The third-order valence-electron chi connectivity index (χ3n) is 2.46. The molecule has 0 fully saturated rings. The minimum atomic E-state index is 0.249. The first-order valence-corrected chi connectivity index (χ1v) is 3.94. The summed E-state index contributed by atoms with van der Waals surface area (Å²) in [7, 11) is 11.0. The summed E-state index contributed by atoms with van der Waals surface area (Å²) in [5, 5.41) is 0. The smallest absolute Gasteiger partial charge is 0.0660 e. The second kappa shape index (κ2) is 4.10. The van der Waals surface area contributed by atoms with E-state index in [4.69, 9.17) is 15.7 Å². The molecule has 0 saturated carbocycles. The Morgan fingerprint density at radius 1 is 1.30 bits per heavy atom. The second-order valence-corrected chi connectivity index (χ2v) is 3.67. The Labute approximate surface area is 67.6 Å². The average Bonchev–Trinajstić information content (AvgIpc) is 1.89. The molecule has 0 aliphatic carbocycles. The van der Waals surface area contributed by atoms with Crippen LogP contribution in [0.3, 0.4) is 0 Å². The normalized spacial score (nSPS) is 15.1. The lowest BCUT2D eigenvalue weighted by Crippen LogP contribution is -2.20. The molecule has 0 aliphatic rings. The van der Waals surface area contributed by atoms with Gasteiger partial charge in [0.25, 0.3) is 0 Å². The van der Waals surface area contributed by atoms with Crippen LogP contribution in [0.15, 0.2) is 0 Å². The van der Waals surface area contributed by atoms with Gasteiger partial charge < -0.3 is 0 Å². The molecule has 0 spiro atoms. The van der Waals surface area contributed by atoms with E-state index in [-0.39, 0.29) is 5.41 Å². The molecule has 0 bridgehead atoms.